The van der Waals surface area contributed by atoms with E-state index in [1.807, 2.05) is 25.1 Å². The van der Waals surface area contributed by atoms with Crippen LogP contribution in [-0.2, 0) is 12.8 Å². The summed E-state index contributed by atoms with van der Waals surface area (Å²) in [6.07, 6.45) is 0.881. The van der Waals surface area contributed by atoms with Crippen molar-refractivity contribution in [2.45, 2.75) is 19.8 Å². The van der Waals surface area contributed by atoms with Crippen molar-refractivity contribution >= 4 is 0 Å². The molecule has 1 aromatic rings. The van der Waals surface area contributed by atoms with Gasteiger partial charge in [0.2, 0.25) is 0 Å². The summed E-state index contributed by atoms with van der Waals surface area (Å²) in [5.41, 5.74) is 3.15. The highest BCUT2D eigenvalue weighted by molar-refractivity contribution is 5.33. The van der Waals surface area contributed by atoms with E-state index in [2.05, 4.69) is 12.1 Å². The molecular weight excluding hydrogens is 160 g/mol. The number of hydrogen-bond donors (Lipinski definition) is 0. The first-order valence-electron chi connectivity index (χ1n) is 4.10. The summed E-state index contributed by atoms with van der Waals surface area (Å²) < 4.78 is 0. The van der Waals surface area contributed by atoms with Crippen LogP contribution >= 0.6 is 0 Å². The molecular formula is C11H10N2. The van der Waals surface area contributed by atoms with Crippen LogP contribution in [0, 0.1) is 29.6 Å². The molecule has 0 aliphatic heterocycles. The van der Waals surface area contributed by atoms with Gasteiger partial charge in [0, 0.05) is 0 Å². The van der Waals surface area contributed by atoms with Crippen LogP contribution in [-0.4, -0.2) is 0 Å². The summed E-state index contributed by atoms with van der Waals surface area (Å²) in [6, 6.07) is 10.0. The average Bonchev–Trinajstić information content (AvgIpc) is 2.10. The van der Waals surface area contributed by atoms with Gasteiger partial charge in [-0.1, -0.05) is 18.2 Å². The summed E-state index contributed by atoms with van der Waals surface area (Å²) in [4.78, 5) is 0. The minimum Gasteiger partial charge on any atom is -0.198 e. The molecule has 1 aromatic carbocycles. The molecule has 13 heavy (non-hydrogen) atoms. The fourth-order valence-corrected chi connectivity index (χ4v) is 1.24. The number of benzene rings is 1. The van der Waals surface area contributed by atoms with Crippen LogP contribution in [0.5, 0.6) is 0 Å². The van der Waals surface area contributed by atoms with Crippen molar-refractivity contribution < 1.29 is 0 Å². The maximum atomic E-state index is 8.51. The third-order valence-electron chi connectivity index (χ3n) is 1.96. The first-order valence-corrected chi connectivity index (χ1v) is 4.10. The Kier molecular flexibility index (Phi) is 3.06. The summed E-state index contributed by atoms with van der Waals surface area (Å²) in [5.74, 6) is 0. The minimum absolute atomic E-state index is 0.438. The summed E-state index contributed by atoms with van der Waals surface area (Å²) in [7, 11) is 0. The van der Waals surface area contributed by atoms with Gasteiger partial charge in [-0.3, -0.25) is 0 Å². The van der Waals surface area contributed by atoms with Crippen molar-refractivity contribution in [1.82, 2.24) is 0 Å². The van der Waals surface area contributed by atoms with Crippen molar-refractivity contribution in [3.05, 3.63) is 34.9 Å². The van der Waals surface area contributed by atoms with Gasteiger partial charge in [0.05, 0.1) is 25.0 Å². The highest BCUT2D eigenvalue weighted by Gasteiger charge is 1.98. The molecule has 2 nitrogen and oxygen atoms in total. The SMILES string of the molecule is Cc1cc(CC#N)ccc1CC#N. The standard InChI is InChI=1S/C11H10N2/c1-9-8-10(4-6-12)2-3-11(9)5-7-13/h2-3,8H,4-5H2,1H3. The molecule has 64 valence electrons. The third-order valence-corrected chi connectivity index (χ3v) is 1.96. The molecule has 0 saturated heterocycles. The van der Waals surface area contributed by atoms with E-state index in [1.54, 1.807) is 0 Å². The van der Waals surface area contributed by atoms with Crippen molar-refractivity contribution in [1.29, 1.82) is 10.5 Å². The maximum Gasteiger partial charge on any atom is 0.0669 e. The zero-order valence-corrected chi connectivity index (χ0v) is 7.54. The molecule has 0 saturated carbocycles. The van der Waals surface area contributed by atoms with E-state index in [4.69, 9.17) is 10.5 Å². The maximum absolute atomic E-state index is 8.51. The zero-order valence-electron chi connectivity index (χ0n) is 7.54. The summed E-state index contributed by atoms with van der Waals surface area (Å²) in [6.45, 7) is 1.97. The van der Waals surface area contributed by atoms with Crippen molar-refractivity contribution in [3.8, 4) is 12.1 Å². The summed E-state index contributed by atoms with van der Waals surface area (Å²) in [5, 5.41) is 17.0. The van der Waals surface area contributed by atoms with E-state index < -0.39 is 0 Å². The number of nitriles is 2. The minimum atomic E-state index is 0.438. The monoisotopic (exact) mass is 170 g/mol. The fourth-order valence-electron chi connectivity index (χ4n) is 1.24. The van der Waals surface area contributed by atoms with Gasteiger partial charge in [-0.15, -0.1) is 0 Å². The Morgan fingerprint density at radius 2 is 1.85 bits per heavy atom. The molecule has 1 rings (SSSR count). The van der Waals surface area contributed by atoms with E-state index in [9.17, 15) is 0 Å². The first kappa shape index (κ1) is 9.29. The highest BCUT2D eigenvalue weighted by Crippen LogP contribution is 2.11. The number of rotatable bonds is 2. The number of hydrogen-bond acceptors (Lipinski definition) is 2. The Morgan fingerprint density at radius 1 is 1.15 bits per heavy atom. The smallest absolute Gasteiger partial charge is 0.0669 e. The lowest BCUT2D eigenvalue weighted by Gasteiger charge is -2.02. The Bertz CT molecular complexity index is 380. The quantitative estimate of drug-likeness (QED) is 0.682. The second-order valence-corrected chi connectivity index (χ2v) is 2.93. The van der Waals surface area contributed by atoms with Crippen molar-refractivity contribution in [3.63, 3.8) is 0 Å². The molecule has 0 aliphatic rings. The van der Waals surface area contributed by atoms with Crippen LogP contribution in [0.4, 0.5) is 0 Å². The van der Waals surface area contributed by atoms with Gasteiger partial charge in [0.25, 0.3) is 0 Å². The van der Waals surface area contributed by atoms with Gasteiger partial charge in [0.15, 0.2) is 0 Å². The predicted molar refractivity (Wildman–Crippen MR) is 49.8 cm³/mol. The molecule has 0 aromatic heterocycles. The molecule has 0 fully saturated rings. The van der Waals surface area contributed by atoms with E-state index in [-0.39, 0.29) is 0 Å². The van der Waals surface area contributed by atoms with Crippen molar-refractivity contribution in [2.24, 2.45) is 0 Å². The molecule has 0 radical (unpaired) electrons. The number of aryl methyl sites for hydroxylation is 1. The predicted octanol–water partition coefficient (Wildman–Crippen LogP) is 2.13. The van der Waals surface area contributed by atoms with Crippen LogP contribution in [0.2, 0.25) is 0 Å². The molecule has 0 bridgehead atoms. The lowest BCUT2D eigenvalue weighted by atomic mass is 10.0. The van der Waals surface area contributed by atoms with Gasteiger partial charge in [-0.25, -0.2) is 0 Å². The summed E-state index contributed by atoms with van der Waals surface area (Å²) >= 11 is 0. The third kappa shape index (κ3) is 2.32. The fraction of sp³-hybridized carbons (Fsp3) is 0.273. The van der Waals surface area contributed by atoms with Crippen LogP contribution in [0.3, 0.4) is 0 Å². The van der Waals surface area contributed by atoms with Gasteiger partial charge >= 0.3 is 0 Å². The first-order chi connectivity index (χ1) is 6.27. The Morgan fingerprint density at radius 3 is 2.38 bits per heavy atom. The van der Waals surface area contributed by atoms with Crippen LogP contribution in [0.15, 0.2) is 18.2 Å². The highest BCUT2D eigenvalue weighted by atomic mass is 14.2. The zero-order chi connectivity index (χ0) is 9.68. The van der Waals surface area contributed by atoms with Gasteiger partial charge < -0.3 is 0 Å². The molecule has 2 heteroatoms. The molecule has 0 heterocycles. The number of nitrogens with zero attached hydrogens (tertiary/aromatic N) is 2. The molecule has 0 aliphatic carbocycles. The molecule has 0 unspecified atom stereocenters. The second kappa shape index (κ2) is 4.28. The van der Waals surface area contributed by atoms with Gasteiger partial charge in [-0.05, 0) is 23.6 Å². The molecule has 0 spiro atoms. The lowest BCUT2D eigenvalue weighted by Crippen LogP contribution is -1.90. The Labute approximate surface area is 78.0 Å². The Balaban J connectivity index is 2.94. The van der Waals surface area contributed by atoms with E-state index in [0.29, 0.717) is 12.8 Å². The van der Waals surface area contributed by atoms with Gasteiger partial charge in [-0.2, -0.15) is 10.5 Å². The van der Waals surface area contributed by atoms with Crippen LogP contribution < -0.4 is 0 Å². The molecule has 0 atom stereocenters. The van der Waals surface area contributed by atoms with E-state index in [1.165, 1.54) is 0 Å². The molecule has 0 amide bonds. The normalized spacial score (nSPS) is 8.85. The molecule has 0 N–H and O–H groups in total. The van der Waals surface area contributed by atoms with E-state index >= 15 is 0 Å². The van der Waals surface area contributed by atoms with E-state index in [0.717, 1.165) is 16.7 Å². The van der Waals surface area contributed by atoms with Gasteiger partial charge in [0.1, 0.15) is 0 Å². The second-order valence-electron chi connectivity index (χ2n) is 2.93. The van der Waals surface area contributed by atoms with Crippen LogP contribution in [0.1, 0.15) is 16.7 Å². The van der Waals surface area contributed by atoms with Crippen LogP contribution in [0.25, 0.3) is 0 Å². The average molecular weight is 170 g/mol. The topological polar surface area (TPSA) is 47.6 Å². The largest absolute Gasteiger partial charge is 0.198 e. The van der Waals surface area contributed by atoms with Crippen molar-refractivity contribution in [2.75, 3.05) is 0 Å². The lowest BCUT2D eigenvalue weighted by molar-refractivity contribution is 1.17. The Hall–Kier alpha value is -1.80.